The van der Waals surface area contributed by atoms with E-state index in [1.807, 2.05) is 19.2 Å². The molecule has 0 heterocycles. The van der Waals surface area contributed by atoms with Crippen LogP contribution >= 0.6 is 0 Å². The highest BCUT2D eigenvalue weighted by Gasteiger charge is 2.12. The molecule has 0 aliphatic carbocycles. The predicted molar refractivity (Wildman–Crippen MR) is 71.2 cm³/mol. The molecule has 0 atom stereocenters. The average Bonchev–Trinajstić information content (AvgIpc) is 2.37. The number of methoxy groups -OCH3 is 2. The first kappa shape index (κ1) is 13.6. The summed E-state index contributed by atoms with van der Waals surface area (Å²) in [5.74, 6) is 1.76. The van der Waals surface area contributed by atoms with Gasteiger partial charge in [0.2, 0.25) is 0 Å². The van der Waals surface area contributed by atoms with E-state index in [1.54, 1.807) is 14.2 Å². The van der Waals surface area contributed by atoms with Crippen LogP contribution in [-0.4, -0.2) is 34.4 Å². The van der Waals surface area contributed by atoms with Crippen LogP contribution in [0.15, 0.2) is 12.1 Å². The van der Waals surface area contributed by atoms with Crippen LogP contribution in [-0.2, 0) is 6.42 Å². The van der Waals surface area contributed by atoms with Gasteiger partial charge in [0, 0.05) is 26.2 Å². The van der Waals surface area contributed by atoms with Crippen LogP contribution in [0.2, 0.25) is 0 Å². The Morgan fingerprint density at radius 3 is 2.29 bits per heavy atom. The van der Waals surface area contributed by atoms with E-state index >= 15 is 0 Å². The minimum atomic E-state index is 0.609. The Balaban J connectivity index is 3.18. The van der Waals surface area contributed by atoms with E-state index in [2.05, 4.69) is 11.8 Å². The third-order valence-electron chi connectivity index (χ3n) is 2.84. The number of ether oxygens (including phenoxy) is 2. The van der Waals surface area contributed by atoms with Crippen LogP contribution in [0.5, 0.6) is 11.5 Å². The molecule has 0 fully saturated rings. The molecule has 4 nitrogen and oxygen atoms in total. The van der Waals surface area contributed by atoms with E-state index in [0.29, 0.717) is 6.54 Å². The Labute approximate surface area is 103 Å². The predicted octanol–water partition coefficient (Wildman–Crippen LogP) is 1.66. The van der Waals surface area contributed by atoms with E-state index in [9.17, 15) is 0 Å². The number of anilines is 1. The van der Waals surface area contributed by atoms with Crippen molar-refractivity contribution in [2.45, 2.75) is 13.3 Å². The third-order valence-corrected chi connectivity index (χ3v) is 2.84. The van der Waals surface area contributed by atoms with Crippen molar-refractivity contribution in [3.8, 4) is 11.5 Å². The largest absolute Gasteiger partial charge is 0.496 e. The van der Waals surface area contributed by atoms with Crippen molar-refractivity contribution in [3.05, 3.63) is 17.7 Å². The lowest BCUT2D eigenvalue weighted by Gasteiger charge is -2.22. The molecule has 2 N–H and O–H groups in total. The number of rotatable bonds is 6. The molecule has 17 heavy (non-hydrogen) atoms. The van der Waals surface area contributed by atoms with Crippen LogP contribution < -0.4 is 20.1 Å². The van der Waals surface area contributed by atoms with Gasteiger partial charge in [0.25, 0.3) is 0 Å². The molecule has 0 spiro atoms. The van der Waals surface area contributed by atoms with Gasteiger partial charge in [-0.25, -0.2) is 0 Å². The normalized spacial score (nSPS) is 10.2. The highest BCUT2D eigenvalue weighted by Crippen LogP contribution is 2.35. The summed E-state index contributed by atoms with van der Waals surface area (Å²) in [6.45, 7) is 3.49. The Bertz CT molecular complexity index is 367. The fourth-order valence-electron chi connectivity index (χ4n) is 1.83. The Morgan fingerprint density at radius 1 is 1.18 bits per heavy atom. The van der Waals surface area contributed by atoms with Gasteiger partial charge in [-0.1, -0.05) is 6.92 Å². The van der Waals surface area contributed by atoms with Gasteiger partial charge in [0.15, 0.2) is 0 Å². The maximum atomic E-state index is 5.57. The number of nitrogens with two attached hydrogens (primary N) is 1. The van der Waals surface area contributed by atoms with Crippen LogP contribution in [0.1, 0.15) is 12.5 Å². The minimum absolute atomic E-state index is 0.609. The first-order chi connectivity index (χ1) is 8.17. The topological polar surface area (TPSA) is 47.7 Å². The molecule has 0 bridgehead atoms. The zero-order chi connectivity index (χ0) is 12.8. The van der Waals surface area contributed by atoms with Gasteiger partial charge < -0.3 is 20.1 Å². The maximum Gasteiger partial charge on any atom is 0.142 e. The number of benzene rings is 1. The molecular formula is C13H22N2O2. The summed E-state index contributed by atoms with van der Waals surface area (Å²) in [5, 5.41) is 0. The van der Waals surface area contributed by atoms with Crippen LogP contribution in [0.4, 0.5) is 5.69 Å². The van der Waals surface area contributed by atoms with Crippen molar-refractivity contribution in [2.75, 3.05) is 39.3 Å². The monoisotopic (exact) mass is 238 g/mol. The highest BCUT2D eigenvalue weighted by molar-refractivity contribution is 5.63. The molecule has 0 unspecified atom stereocenters. The van der Waals surface area contributed by atoms with Crippen molar-refractivity contribution in [2.24, 2.45) is 5.73 Å². The van der Waals surface area contributed by atoms with Gasteiger partial charge in [-0.3, -0.25) is 0 Å². The molecule has 0 saturated carbocycles. The van der Waals surface area contributed by atoms with Gasteiger partial charge in [0.1, 0.15) is 11.5 Å². The molecule has 4 heteroatoms. The lowest BCUT2D eigenvalue weighted by atomic mass is 10.1. The van der Waals surface area contributed by atoms with E-state index < -0.39 is 0 Å². The number of aryl methyl sites for hydroxylation is 1. The SMILES string of the molecule is CCc1cc(OC)c(N(C)CCN)cc1OC. The number of likely N-dealkylation sites (N-methyl/N-ethyl adjacent to an activating group) is 1. The van der Waals surface area contributed by atoms with Gasteiger partial charge in [0.05, 0.1) is 19.9 Å². The summed E-state index contributed by atoms with van der Waals surface area (Å²) in [5.41, 5.74) is 7.73. The fourth-order valence-corrected chi connectivity index (χ4v) is 1.83. The van der Waals surface area contributed by atoms with E-state index in [1.165, 1.54) is 0 Å². The summed E-state index contributed by atoms with van der Waals surface area (Å²) < 4.78 is 10.8. The second-order valence-corrected chi connectivity index (χ2v) is 3.90. The Hall–Kier alpha value is -1.42. The summed E-state index contributed by atoms with van der Waals surface area (Å²) >= 11 is 0. The van der Waals surface area contributed by atoms with Gasteiger partial charge in [-0.15, -0.1) is 0 Å². The van der Waals surface area contributed by atoms with Gasteiger partial charge >= 0.3 is 0 Å². The van der Waals surface area contributed by atoms with Crippen LogP contribution in [0.25, 0.3) is 0 Å². The van der Waals surface area contributed by atoms with Crippen molar-refractivity contribution in [1.82, 2.24) is 0 Å². The van der Waals surface area contributed by atoms with Crippen molar-refractivity contribution >= 4 is 5.69 Å². The molecule has 1 rings (SSSR count). The molecule has 1 aromatic carbocycles. The van der Waals surface area contributed by atoms with Crippen LogP contribution in [0.3, 0.4) is 0 Å². The van der Waals surface area contributed by atoms with Gasteiger partial charge in [-0.2, -0.15) is 0 Å². The Kier molecular flexibility index (Phi) is 5.10. The lowest BCUT2D eigenvalue weighted by molar-refractivity contribution is 0.399. The molecule has 0 radical (unpaired) electrons. The number of hydrogen-bond acceptors (Lipinski definition) is 4. The van der Waals surface area contributed by atoms with Crippen LogP contribution in [0, 0.1) is 0 Å². The molecule has 96 valence electrons. The summed E-state index contributed by atoms with van der Waals surface area (Å²) in [4.78, 5) is 2.07. The average molecular weight is 238 g/mol. The highest BCUT2D eigenvalue weighted by atomic mass is 16.5. The van der Waals surface area contributed by atoms with E-state index in [0.717, 1.165) is 35.7 Å². The van der Waals surface area contributed by atoms with E-state index in [-0.39, 0.29) is 0 Å². The maximum absolute atomic E-state index is 5.57. The first-order valence-corrected chi connectivity index (χ1v) is 5.84. The quantitative estimate of drug-likeness (QED) is 0.819. The molecule has 0 aromatic heterocycles. The number of nitrogens with zero attached hydrogens (tertiary/aromatic N) is 1. The van der Waals surface area contributed by atoms with Crippen molar-refractivity contribution < 1.29 is 9.47 Å². The standard InChI is InChI=1S/C13H22N2O2/c1-5-10-8-13(17-4)11(9-12(10)16-3)15(2)7-6-14/h8-9H,5-7,14H2,1-4H3. The smallest absolute Gasteiger partial charge is 0.142 e. The summed E-state index contributed by atoms with van der Waals surface area (Å²) in [7, 11) is 5.37. The molecule has 0 aliphatic rings. The molecular weight excluding hydrogens is 216 g/mol. The fraction of sp³-hybridized carbons (Fsp3) is 0.538. The molecule has 0 aliphatic heterocycles. The third kappa shape index (κ3) is 3.03. The number of hydrogen-bond donors (Lipinski definition) is 1. The second kappa shape index (κ2) is 6.35. The summed E-state index contributed by atoms with van der Waals surface area (Å²) in [6.07, 6.45) is 0.917. The van der Waals surface area contributed by atoms with Crippen molar-refractivity contribution in [1.29, 1.82) is 0 Å². The molecule has 1 aromatic rings. The second-order valence-electron chi connectivity index (χ2n) is 3.90. The molecule has 0 amide bonds. The van der Waals surface area contributed by atoms with E-state index in [4.69, 9.17) is 15.2 Å². The first-order valence-electron chi connectivity index (χ1n) is 5.84. The summed E-state index contributed by atoms with van der Waals surface area (Å²) in [6, 6.07) is 4.04. The molecule has 0 saturated heterocycles. The zero-order valence-corrected chi connectivity index (χ0v) is 11.1. The lowest BCUT2D eigenvalue weighted by Crippen LogP contribution is -2.25. The van der Waals surface area contributed by atoms with Crippen molar-refractivity contribution in [3.63, 3.8) is 0 Å². The Morgan fingerprint density at radius 2 is 1.82 bits per heavy atom. The minimum Gasteiger partial charge on any atom is -0.496 e. The van der Waals surface area contributed by atoms with Gasteiger partial charge in [-0.05, 0) is 18.1 Å². The zero-order valence-electron chi connectivity index (χ0n) is 11.1.